The van der Waals surface area contributed by atoms with Crippen LogP contribution >= 0.6 is 0 Å². The molecular weight excluding hydrogens is 278 g/mol. The molecule has 3 rings (SSSR count). The number of hydrogen-bond donors (Lipinski definition) is 0. The second-order valence-corrected chi connectivity index (χ2v) is 5.92. The van der Waals surface area contributed by atoms with Crippen LogP contribution in [0.1, 0.15) is 27.8 Å². The van der Waals surface area contributed by atoms with Crippen molar-refractivity contribution < 1.29 is 0 Å². The van der Waals surface area contributed by atoms with E-state index < -0.39 is 0 Å². The third-order valence-corrected chi connectivity index (χ3v) is 4.21. The Bertz CT molecular complexity index is 850. The van der Waals surface area contributed by atoms with Gasteiger partial charge in [-0.3, -0.25) is 0 Å². The van der Waals surface area contributed by atoms with Gasteiger partial charge in [-0.05, 0) is 59.7 Å². The lowest BCUT2D eigenvalue weighted by Crippen LogP contribution is -1.94. The second kappa shape index (κ2) is 6.50. The summed E-state index contributed by atoms with van der Waals surface area (Å²) in [5.74, 6) is 0. The van der Waals surface area contributed by atoms with E-state index in [0.717, 1.165) is 17.5 Å². The number of rotatable bonds is 3. The molecule has 23 heavy (non-hydrogen) atoms. The lowest BCUT2D eigenvalue weighted by Gasteiger charge is -2.13. The molecule has 112 valence electrons. The quantitative estimate of drug-likeness (QED) is 0.632. The van der Waals surface area contributed by atoms with Gasteiger partial charge < -0.3 is 0 Å². The minimum atomic E-state index is 0.746. The van der Waals surface area contributed by atoms with Gasteiger partial charge in [-0.2, -0.15) is 5.26 Å². The molecule has 0 fully saturated rings. The molecule has 1 heteroatoms. The zero-order valence-electron chi connectivity index (χ0n) is 13.5. The molecule has 0 atom stereocenters. The van der Waals surface area contributed by atoms with E-state index in [0.29, 0.717) is 0 Å². The first-order chi connectivity index (χ1) is 11.2. The predicted octanol–water partition coefficient (Wildman–Crippen LogP) is 5.43. The number of aryl methyl sites for hydroxylation is 2. The van der Waals surface area contributed by atoms with Gasteiger partial charge in [0.05, 0.1) is 11.6 Å². The minimum absolute atomic E-state index is 0.746. The highest BCUT2D eigenvalue weighted by molar-refractivity contribution is 5.76. The van der Waals surface area contributed by atoms with Crippen LogP contribution in [0.4, 0.5) is 0 Å². The molecule has 0 unspecified atom stereocenters. The summed E-state index contributed by atoms with van der Waals surface area (Å²) in [6.45, 7) is 4.20. The Morgan fingerprint density at radius 2 is 1.48 bits per heavy atom. The Morgan fingerprint density at radius 1 is 0.783 bits per heavy atom. The van der Waals surface area contributed by atoms with Crippen LogP contribution in [-0.2, 0) is 6.42 Å². The molecule has 0 aliphatic heterocycles. The molecule has 0 spiro atoms. The van der Waals surface area contributed by atoms with Gasteiger partial charge in [0.1, 0.15) is 0 Å². The van der Waals surface area contributed by atoms with Crippen LogP contribution in [0, 0.1) is 25.2 Å². The van der Waals surface area contributed by atoms with Gasteiger partial charge >= 0.3 is 0 Å². The van der Waals surface area contributed by atoms with Gasteiger partial charge in [0.15, 0.2) is 0 Å². The highest BCUT2D eigenvalue weighted by atomic mass is 14.3. The van der Waals surface area contributed by atoms with Crippen LogP contribution in [0.15, 0.2) is 66.7 Å². The molecule has 0 aromatic heterocycles. The molecule has 0 saturated heterocycles. The Hall–Kier alpha value is -2.85. The Balaban J connectivity index is 2.03. The summed E-state index contributed by atoms with van der Waals surface area (Å²) in [4.78, 5) is 0. The largest absolute Gasteiger partial charge is 0.192 e. The van der Waals surface area contributed by atoms with Gasteiger partial charge in [-0.25, -0.2) is 0 Å². The second-order valence-electron chi connectivity index (χ2n) is 5.92. The molecule has 3 aromatic carbocycles. The average Bonchev–Trinajstić information content (AvgIpc) is 2.56. The molecule has 0 bridgehead atoms. The van der Waals surface area contributed by atoms with Crippen molar-refractivity contribution in [1.29, 1.82) is 5.26 Å². The highest BCUT2D eigenvalue weighted by Gasteiger charge is 2.11. The van der Waals surface area contributed by atoms with E-state index in [1.165, 1.54) is 27.8 Å². The third kappa shape index (κ3) is 3.17. The lowest BCUT2D eigenvalue weighted by molar-refractivity contribution is 1.19. The standard InChI is InChI=1S/C22H19N/c1-16-7-6-8-17(2)22(16)21-12-11-19(14-20(21)15-23)13-18-9-4-3-5-10-18/h3-12,14H,13H2,1-2H3. The molecular formula is C22H19N. The van der Waals surface area contributed by atoms with E-state index in [1.807, 2.05) is 24.3 Å². The van der Waals surface area contributed by atoms with E-state index in [-0.39, 0.29) is 0 Å². The maximum atomic E-state index is 9.60. The van der Waals surface area contributed by atoms with Gasteiger partial charge in [-0.15, -0.1) is 0 Å². The summed E-state index contributed by atoms with van der Waals surface area (Å²) < 4.78 is 0. The first-order valence-electron chi connectivity index (χ1n) is 7.82. The van der Waals surface area contributed by atoms with Crippen LogP contribution in [-0.4, -0.2) is 0 Å². The summed E-state index contributed by atoms with van der Waals surface area (Å²) in [5, 5.41) is 9.60. The Kier molecular flexibility index (Phi) is 4.26. The topological polar surface area (TPSA) is 23.8 Å². The fraction of sp³-hybridized carbons (Fsp3) is 0.136. The van der Waals surface area contributed by atoms with Crippen molar-refractivity contribution in [3.63, 3.8) is 0 Å². The van der Waals surface area contributed by atoms with E-state index in [4.69, 9.17) is 0 Å². The summed E-state index contributed by atoms with van der Waals surface area (Å²) >= 11 is 0. The maximum Gasteiger partial charge on any atom is 0.0998 e. The van der Waals surface area contributed by atoms with Gasteiger partial charge in [0, 0.05) is 0 Å². The van der Waals surface area contributed by atoms with Crippen LogP contribution in [0.3, 0.4) is 0 Å². The highest BCUT2D eigenvalue weighted by Crippen LogP contribution is 2.30. The molecule has 0 aliphatic rings. The van der Waals surface area contributed by atoms with Crippen molar-refractivity contribution >= 4 is 0 Å². The zero-order valence-corrected chi connectivity index (χ0v) is 13.5. The van der Waals surface area contributed by atoms with Crippen molar-refractivity contribution in [3.8, 4) is 17.2 Å². The maximum absolute atomic E-state index is 9.60. The normalized spacial score (nSPS) is 10.3. The number of benzene rings is 3. The van der Waals surface area contributed by atoms with Crippen molar-refractivity contribution in [2.45, 2.75) is 20.3 Å². The third-order valence-electron chi connectivity index (χ3n) is 4.21. The summed E-state index contributed by atoms with van der Waals surface area (Å²) in [6, 6.07) is 25.2. The number of nitriles is 1. The van der Waals surface area contributed by atoms with Crippen LogP contribution in [0.2, 0.25) is 0 Å². The fourth-order valence-corrected chi connectivity index (χ4v) is 3.08. The zero-order chi connectivity index (χ0) is 16.2. The fourth-order valence-electron chi connectivity index (χ4n) is 3.08. The minimum Gasteiger partial charge on any atom is -0.192 e. The SMILES string of the molecule is Cc1cccc(C)c1-c1ccc(Cc2ccccc2)cc1C#N. The molecule has 0 heterocycles. The monoisotopic (exact) mass is 297 g/mol. The smallest absolute Gasteiger partial charge is 0.0998 e. The van der Waals surface area contributed by atoms with Crippen LogP contribution in [0.5, 0.6) is 0 Å². The average molecular weight is 297 g/mol. The van der Waals surface area contributed by atoms with E-state index in [9.17, 15) is 5.26 Å². The predicted molar refractivity (Wildman–Crippen MR) is 95.3 cm³/mol. The van der Waals surface area contributed by atoms with Crippen LogP contribution < -0.4 is 0 Å². The summed E-state index contributed by atoms with van der Waals surface area (Å²) in [5.41, 5.74) is 7.79. The van der Waals surface area contributed by atoms with Gasteiger partial charge in [0.2, 0.25) is 0 Å². The first-order valence-corrected chi connectivity index (χ1v) is 7.82. The number of nitrogens with zero attached hydrogens (tertiary/aromatic N) is 1. The molecule has 1 nitrogen and oxygen atoms in total. The number of hydrogen-bond acceptors (Lipinski definition) is 1. The van der Waals surface area contributed by atoms with Crippen molar-refractivity contribution in [2.75, 3.05) is 0 Å². The van der Waals surface area contributed by atoms with E-state index >= 15 is 0 Å². The van der Waals surface area contributed by atoms with E-state index in [1.54, 1.807) is 0 Å². The first kappa shape index (κ1) is 15.1. The van der Waals surface area contributed by atoms with Crippen LogP contribution in [0.25, 0.3) is 11.1 Å². The molecule has 0 saturated carbocycles. The van der Waals surface area contributed by atoms with Gasteiger partial charge in [-0.1, -0.05) is 60.7 Å². The molecule has 3 aromatic rings. The molecule has 0 N–H and O–H groups in total. The van der Waals surface area contributed by atoms with Crippen molar-refractivity contribution in [3.05, 3.63) is 94.5 Å². The lowest BCUT2D eigenvalue weighted by atomic mass is 9.91. The Labute approximate surface area is 137 Å². The molecule has 0 radical (unpaired) electrons. The van der Waals surface area contributed by atoms with E-state index in [2.05, 4.69) is 62.4 Å². The van der Waals surface area contributed by atoms with Crippen molar-refractivity contribution in [1.82, 2.24) is 0 Å². The Morgan fingerprint density at radius 3 is 2.13 bits per heavy atom. The van der Waals surface area contributed by atoms with Crippen molar-refractivity contribution in [2.24, 2.45) is 0 Å². The summed E-state index contributed by atoms with van der Waals surface area (Å²) in [7, 11) is 0. The summed E-state index contributed by atoms with van der Waals surface area (Å²) in [6.07, 6.45) is 0.850. The molecule has 0 amide bonds. The van der Waals surface area contributed by atoms with Gasteiger partial charge in [0.25, 0.3) is 0 Å². The molecule has 0 aliphatic carbocycles.